The fourth-order valence-electron chi connectivity index (χ4n) is 2.89. The van der Waals surface area contributed by atoms with Gasteiger partial charge in [-0.1, -0.05) is 72.8 Å². The number of nitrogens with zero attached hydrogens (tertiary/aromatic N) is 2. The van der Waals surface area contributed by atoms with Crippen LogP contribution in [0.15, 0.2) is 89.9 Å². The Balaban J connectivity index is 1.82. The van der Waals surface area contributed by atoms with E-state index in [1.807, 2.05) is 66.7 Å². The molecule has 0 aliphatic carbocycles. The van der Waals surface area contributed by atoms with Gasteiger partial charge in [-0.2, -0.15) is 18.4 Å². The Hall–Kier alpha value is -3.43. The summed E-state index contributed by atoms with van der Waals surface area (Å²) in [6, 6.07) is 25.0. The van der Waals surface area contributed by atoms with Crippen molar-refractivity contribution in [1.82, 2.24) is 0 Å². The molecule has 0 aromatic heterocycles. The van der Waals surface area contributed by atoms with Crippen molar-refractivity contribution in [2.45, 2.75) is 18.8 Å². The number of aliphatic imine (C=N–C) groups is 1. The van der Waals surface area contributed by atoms with Gasteiger partial charge in [0.25, 0.3) is 0 Å². The second kappa shape index (κ2) is 9.86. The molecule has 3 aromatic carbocycles. The van der Waals surface area contributed by atoms with Crippen LogP contribution >= 0.6 is 0 Å². The molecule has 152 valence electrons. The highest BCUT2D eigenvalue weighted by molar-refractivity contribution is 6.11. The van der Waals surface area contributed by atoms with Gasteiger partial charge < -0.3 is 4.74 Å². The molecule has 6 heteroatoms. The van der Waals surface area contributed by atoms with Gasteiger partial charge in [0.15, 0.2) is 0 Å². The van der Waals surface area contributed by atoms with Crippen molar-refractivity contribution >= 4 is 5.71 Å². The Labute approximate surface area is 173 Å². The number of rotatable bonds is 7. The van der Waals surface area contributed by atoms with E-state index in [0.717, 1.165) is 23.3 Å². The molecule has 0 unspecified atom stereocenters. The first kappa shape index (κ1) is 21.3. The van der Waals surface area contributed by atoms with Crippen molar-refractivity contribution in [3.63, 3.8) is 0 Å². The summed E-state index contributed by atoms with van der Waals surface area (Å²) < 4.78 is 44.2. The molecule has 0 radical (unpaired) electrons. The van der Waals surface area contributed by atoms with Gasteiger partial charge in [0, 0.05) is 5.56 Å². The third-order valence-electron chi connectivity index (χ3n) is 4.45. The molecular formula is C24H19F3N2O. The van der Waals surface area contributed by atoms with Gasteiger partial charge >= 0.3 is 6.18 Å². The van der Waals surface area contributed by atoms with E-state index in [1.54, 1.807) is 0 Å². The van der Waals surface area contributed by atoms with Crippen LogP contribution in [-0.2, 0) is 17.5 Å². The van der Waals surface area contributed by atoms with E-state index in [9.17, 15) is 18.4 Å². The summed E-state index contributed by atoms with van der Waals surface area (Å²) in [4.78, 5) is 4.51. The molecule has 0 bridgehead atoms. The minimum absolute atomic E-state index is 0.0564. The lowest BCUT2D eigenvalue weighted by Crippen LogP contribution is -2.10. The zero-order valence-electron chi connectivity index (χ0n) is 16.0. The number of ether oxygens (including phenoxy) is 1. The quantitative estimate of drug-likeness (QED) is 0.452. The molecule has 3 rings (SSSR count). The maximum atomic E-state index is 12.8. The largest absolute Gasteiger partial charge is 0.416 e. The van der Waals surface area contributed by atoms with Crippen LogP contribution < -0.4 is 0 Å². The van der Waals surface area contributed by atoms with Crippen molar-refractivity contribution in [2.24, 2.45) is 4.99 Å². The molecule has 0 saturated heterocycles. The Kier molecular flexibility index (Phi) is 6.99. The molecule has 0 fully saturated rings. The lowest BCUT2D eigenvalue weighted by atomic mass is 10.1. The van der Waals surface area contributed by atoms with Gasteiger partial charge in [-0.25, -0.2) is 0 Å². The molecule has 0 heterocycles. The summed E-state index contributed by atoms with van der Waals surface area (Å²) in [5, 5.41) is 9.56. The summed E-state index contributed by atoms with van der Waals surface area (Å²) in [6.45, 7) is 0.618. The Morgan fingerprint density at radius 1 is 0.900 bits per heavy atom. The Morgan fingerprint density at radius 2 is 1.50 bits per heavy atom. The molecule has 0 aliphatic rings. The minimum atomic E-state index is -4.43. The summed E-state index contributed by atoms with van der Waals surface area (Å²) in [7, 11) is 0. The molecule has 30 heavy (non-hydrogen) atoms. The minimum Gasteiger partial charge on any atom is -0.374 e. The molecule has 0 N–H and O–H groups in total. The lowest BCUT2D eigenvalue weighted by Gasteiger charge is -2.15. The van der Waals surface area contributed by atoms with Gasteiger partial charge in [0.2, 0.25) is 0 Å². The third-order valence-corrected chi connectivity index (χ3v) is 4.45. The van der Waals surface area contributed by atoms with E-state index < -0.39 is 17.8 Å². The molecule has 0 amide bonds. The summed E-state index contributed by atoms with van der Waals surface area (Å²) >= 11 is 0. The normalized spacial score (nSPS) is 12.9. The fraction of sp³-hybridized carbons (Fsp3) is 0.167. The lowest BCUT2D eigenvalue weighted by molar-refractivity contribution is -0.137. The second-order valence-electron chi connectivity index (χ2n) is 6.59. The molecule has 0 saturated carbocycles. The van der Waals surface area contributed by atoms with E-state index in [-0.39, 0.29) is 12.3 Å². The fourth-order valence-corrected chi connectivity index (χ4v) is 2.89. The summed E-state index contributed by atoms with van der Waals surface area (Å²) in [5.41, 5.74) is 1.48. The van der Waals surface area contributed by atoms with Crippen LogP contribution in [0.25, 0.3) is 0 Å². The van der Waals surface area contributed by atoms with E-state index >= 15 is 0 Å². The van der Waals surface area contributed by atoms with Crippen LogP contribution in [0.2, 0.25) is 0 Å². The number of benzene rings is 3. The number of nitriles is 1. The first-order chi connectivity index (χ1) is 14.5. The molecule has 1 atom stereocenters. The highest BCUT2D eigenvalue weighted by atomic mass is 19.4. The standard InChI is InChI=1S/C24H19F3N2O/c25-24(26,27)21-13-11-20(12-14-21)22(15-28)29-23(19-9-5-2-6-10-19)17-30-16-18-7-3-1-4-8-18/h1-14,23H,16-17H2/t23-/m1/s1. The zero-order chi connectivity index (χ0) is 21.4. The Bertz CT molecular complexity index is 1010. The highest BCUT2D eigenvalue weighted by Gasteiger charge is 2.30. The maximum Gasteiger partial charge on any atom is 0.416 e. The van der Waals surface area contributed by atoms with E-state index in [2.05, 4.69) is 4.99 Å². The zero-order valence-corrected chi connectivity index (χ0v) is 16.0. The molecule has 3 aromatic rings. The second-order valence-corrected chi connectivity index (χ2v) is 6.59. The first-order valence-corrected chi connectivity index (χ1v) is 9.29. The summed E-state index contributed by atoms with van der Waals surface area (Å²) in [6.07, 6.45) is -4.43. The predicted octanol–water partition coefficient (Wildman–Crippen LogP) is 5.98. The third kappa shape index (κ3) is 5.79. The van der Waals surface area contributed by atoms with Crippen molar-refractivity contribution in [1.29, 1.82) is 5.26 Å². The number of hydrogen-bond donors (Lipinski definition) is 0. The highest BCUT2D eigenvalue weighted by Crippen LogP contribution is 2.29. The number of halogens is 3. The van der Waals surface area contributed by atoms with Crippen LogP contribution in [-0.4, -0.2) is 12.3 Å². The number of hydrogen-bond acceptors (Lipinski definition) is 3. The Morgan fingerprint density at radius 3 is 2.07 bits per heavy atom. The first-order valence-electron chi connectivity index (χ1n) is 9.29. The van der Waals surface area contributed by atoms with Crippen LogP contribution in [0.4, 0.5) is 13.2 Å². The molecule has 3 nitrogen and oxygen atoms in total. The van der Waals surface area contributed by atoms with Gasteiger partial charge in [-0.05, 0) is 23.3 Å². The van der Waals surface area contributed by atoms with Crippen molar-refractivity contribution < 1.29 is 17.9 Å². The molecule has 0 aliphatic heterocycles. The van der Waals surface area contributed by atoms with Crippen LogP contribution in [0.5, 0.6) is 0 Å². The van der Waals surface area contributed by atoms with Crippen LogP contribution in [0.3, 0.4) is 0 Å². The van der Waals surface area contributed by atoms with Crippen molar-refractivity contribution in [3.05, 3.63) is 107 Å². The van der Waals surface area contributed by atoms with Gasteiger partial charge in [-0.15, -0.1) is 0 Å². The molecule has 0 spiro atoms. The van der Waals surface area contributed by atoms with E-state index in [0.29, 0.717) is 12.2 Å². The smallest absolute Gasteiger partial charge is 0.374 e. The average Bonchev–Trinajstić information content (AvgIpc) is 2.77. The summed E-state index contributed by atoms with van der Waals surface area (Å²) in [5.74, 6) is 0. The maximum absolute atomic E-state index is 12.8. The predicted molar refractivity (Wildman–Crippen MR) is 109 cm³/mol. The topological polar surface area (TPSA) is 45.4 Å². The SMILES string of the molecule is N#CC(=N[C@H](COCc1ccccc1)c1ccccc1)c1ccc(C(F)(F)F)cc1. The molecular weight excluding hydrogens is 389 g/mol. The van der Waals surface area contributed by atoms with Crippen molar-refractivity contribution in [2.75, 3.05) is 6.61 Å². The van der Waals surface area contributed by atoms with Crippen molar-refractivity contribution in [3.8, 4) is 6.07 Å². The van der Waals surface area contributed by atoms with Gasteiger partial charge in [-0.3, -0.25) is 4.99 Å². The monoisotopic (exact) mass is 408 g/mol. The van der Waals surface area contributed by atoms with Crippen LogP contribution in [0.1, 0.15) is 28.3 Å². The van der Waals surface area contributed by atoms with Crippen LogP contribution in [0, 0.1) is 11.3 Å². The van der Waals surface area contributed by atoms with E-state index in [4.69, 9.17) is 4.74 Å². The average molecular weight is 408 g/mol. The van der Waals surface area contributed by atoms with E-state index in [1.165, 1.54) is 12.1 Å². The van der Waals surface area contributed by atoms with Gasteiger partial charge in [0.05, 0.1) is 24.8 Å². The number of alkyl halides is 3. The van der Waals surface area contributed by atoms with Gasteiger partial charge in [0.1, 0.15) is 11.8 Å².